The van der Waals surface area contributed by atoms with E-state index in [1.165, 1.54) is 12.1 Å². The highest BCUT2D eigenvalue weighted by Gasteiger charge is 2.12. The molecule has 0 fully saturated rings. The molecular weight excluding hydrogens is 252 g/mol. The van der Waals surface area contributed by atoms with E-state index >= 15 is 0 Å². The Bertz CT molecular complexity index is 789. The van der Waals surface area contributed by atoms with Gasteiger partial charge in [0.2, 0.25) is 0 Å². The summed E-state index contributed by atoms with van der Waals surface area (Å²) in [6.07, 6.45) is 6.28. The van der Waals surface area contributed by atoms with Crippen molar-refractivity contribution in [3.63, 3.8) is 0 Å². The van der Waals surface area contributed by atoms with Gasteiger partial charge >= 0.3 is 0 Å². The number of phenolic OH excluding ortho intramolecular Hbond substituents is 1. The largest absolute Gasteiger partial charge is 0.507 e. The Kier molecular flexibility index (Phi) is 3.05. The van der Waals surface area contributed by atoms with Crippen molar-refractivity contribution in [3.8, 4) is 5.75 Å². The molecule has 0 aliphatic carbocycles. The smallest absolute Gasteiger partial charge is 0.190 e. The van der Waals surface area contributed by atoms with E-state index in [1.54, 1.807) is 24.5 Å². The highest BCUT2D eigenvalue weighted by Crippen LogP contribution is 2.27. The first kappa shape index (κ1) is 12.2. The summed E-state index contributed by atoms with van der Waals surface area (Å²) in [5.41, 5.74) is 0.311. The summed E-state index contributed by atoms with van der Waals surface area (Å²) in [5, 5.41) is 11.6. The fourth-order valence-electron chi connectivity index (χ4n) is 2.13. The molecule has 0 aliphatic rings. The Balaban J connectivity index is 2.05. The maximum absolute atomic E-state index is 12.3. The number of H-pyrrole nitrogens is 1. The number of aromatic nitrogens is 2. The molecule has 0 amide bonds. The molecule has 0 unspecified atom stereocenters. The minimum atomic E-state index is -0.254. The van der Waals surface area contributed by atoms with Crippen molar-refractivity contribution < 1.29 is 9.90 Å². The Morgan fingerprint density at radius 2 is 2.05 bits per heavy atom. The zero-order valence-corrected chi connectivity index (χ0v) is 10.6. The van der Waals surface area contributed by atoms with Crippen LogP contribution in [0.15, 0.2) is 54.9 Å². The number of nitrogens with zero attached hydrogens (tertiary/aromatic N) is 1. The molecule has 3 aromatic rings. The second-order valence-corrected chi connectivity index (χ2v) is 4.35. The number of hydrogen-bond acceptors (Lipinski definition) is 3. The van der Waals surface area contributed by atoms with Gasteiger partial charge in [-0.2, -0.15) is 0 Å². The average molecular weight is 264 g/mol. The highest BCUT2D eigenvalue weighted by atomic mass is 16.3. The van der Waals surface area contributed by atoms with Gasteiger partial charge in [-0.3, -0.25) is 4.79 Å². The number of carbonyl (C=O) groups is 1. The Morgan fingerprint density at radius 3 is 2.85 bits per heavy atom. The molecule has 0 bridgehead atoms. The van der Waals surface area contributed by atoms with Crippen LogP contribution in [0, 0.1) is 0 Å². The van der Waals surface area contributed by atoms with Crippen LogP contribution >= 0.6 is 0 Å². The van der Waals surface area contributed by atoms with Crippen LogP contribution in [0.3, 0.4) is 0 Å². The molecule has 20 heavy (non-hydrogen) atoms. The Morgan fingerprint density at radius 1 is 1.20 bits per heavy atom. The Labute approximate surface area is 115 Å². The van der Waals surface area contributed by atoms with Crippen LogP contribution in [0.4, 0.5) is 0 Å². The normalized spacial score (nSPS) is 11.2. The van der Waals surface area contributed by atoms with Crippen LogP contribution in [-0.2, 0) is 0 Å². The number of imidazole rings is 1. The number of carbonyl (C=O) groups excluding carboxylic acids is 1. The zero-order chi connectivity index (χ0) is 13.9. The van der Waals surface area contributed by atoms with Gasteiger partial charge in [-0.15, -0.1) is 0 Å². The van der Waals surface area contributed by atoms with Crippen LogP contribution in [0.5, 0.6) is 5.75 Å². The van der Waals surface area contributed by atoms with Gasteiger partial charge in [-0.1, -0.05) is 30.3 Å². The SMILES string of the molecule is O=C(/C=C/c1ncc[nH]1)c1c(O)ccc2ccccc12. The first-order chi connectivity index (χ1) is 9.75. The maximum atomic E-state index is 12.3. The molecule has 0 saturated heterocycles. The quantitative estimate of drug-likeness (QED) is 0.564. The predicted octanol–water partition coefficient (Wildman–Crippen LogP) is 3.16. The van der Waals surface area contributed by atoms with E-state index in [0.717, 1.165) is 10.8 Å². The molecule has 0 saturated carbocycles. The lowest BCUT2D eigenvalue weighted by Crippen LogP contribution is -1.96. The number of hydrogen-bond donors (Lipinski definition) is 2. The third-order valence-electron chi connectivity index (χ3n) is 3.07. The van der Waals surface area contributed by atoms with Crippen LogP contribution in [0.2, 0.25) is 0 Å². The molecule has 0 radical (unpaired) electrons. The van der Waals surface area contributed by atoms with Crippen molar-refractivity contribution in [2.75, 3.05) is 0 Å². The molecule has 2 N–H and O–H groups in total. The van der Waals surface area contributed by atoms with Crippen molar-refractivity contribution in [1.82, 2.24) is 9.97 Å². The summed E-state index contributed by atoms with van der Waals surface area (Å²) in [7, 11) is 0. The number of benzene rings is 2. The third kappa shape index (κ3) is 2.19. The standard InChI is InChI=1S/C16H12N2O2/c19-13-6-5-11-3-1-2-4-12(11)16(13)14(20)7-8-15-17-9-10-18-15/h1-10,19H,(H,17,18)/b8-7+. The molecule has 1 heterocycles. The number of phenols is 1. The molecule has 3 rings (SSSR count). The minimum Gasteiger partial charge on any atom is -0.507 e. The van der Waals surface area contributed by atoms with Crippen molar-refractivity contribution in [1.29, 1.82) is 0 Å². The number of aromatic amines is 1. The van der Waals surface area contributed by atoms with Crippen molar-refractivity contribution >= 4 is 22.6 Å². The average Bonchev–Trinajstić information content (AvgIpc) is 2.98. The molecule has 0 atom stereocenters. The number of allylic oxidation sites excluding steroid dienone is 1. The second kappa shape index (κ2) is 5.01. The monoisotopic (exact) mass is 264 g/mol. The summed E-state index contributed by atoms with van der Waals surface area (Å²) in [5.74, 6) is 0.326. The van der Waals surface area contributed by atoms with Gasteiger partial charge in [-0.25, -0.2) is 4.98 Å². The fourth-order valence-corrected chi connectivity index (χ4v) is 2.13. The lowest BCUT2D eigenvalue weighted by atomic mass is 10.00. The molecule has 4 heteroatoms. The molecule has 0 aliphatic heterocycles. The van der Waals surface area contributed by atoms with Gasteiger partial charge in [0, 0.05) is 12.4 Å². The van der Waals surface area contributed by atoms with E-state index < -0.39 is 0 Å². The van der Waals surface area contributed by atoms with Crippen LogP contribution in [0.1, 0.15) is 16.2 Å². The van der Waals surface area contributed by atoms with Crippen molar-refractivity contribution in [2.45, 2.75) is 0 Å². The van der Waals surface area contributed by atoms with E-state index in [-0.39, 0.29) is 11.5 Å². The summed E-state index contributed by atoms with van der Waals surface area (Å²) < 4.78 is 0. The maximum Gasteiger partial charge on any atom is 0.190 e. The van der Waals surface area contributed by atoms with E-state index in [0.29, 0.717) is 11.4 Å². The summed E-state index contributed by atoms with van der Waals surface area (Å²) in [6, 6.07) is 10.8. The van der Waals surface area contributed by atoms with Gasteiger partial charge in [0.05, 0.1) is 5.56 Å². The number of ketones is 1. The van der Waals surface area contributed by atoms with Crippen molar-refractivity contribution in [3.05, 3.63) is 66.3 Å². The van der Waals surface area contributed by atoms with E-state index in [9.17, 15) is 9.90 Å². The van der Waals surface area contributed by atoms with Gasteiger partial charge in [0.15, 0.2) is 5.78 Å². The summed E-state index contributed by atoms with van der Waals surface area (Å²) in [4.78, 5) is 19.2. The van der Waals surface area contributed by atoms with E-state index in [2.05, 4.69) is 9.97 Å². The first-order valence-corrected chi connectivity index (χ1v) is 6.18. The van der Waals surface area contributed by atoms with Gasteiger partial charge in [-0.05, 0) is 29.0 Å². The highest BCUT2D eigenvalue weighted by molar-refractivity contribution is 6.16. The summed E-state index contributed by atoms with van der Waals surface area (Å²) in [6.45, 7) is 0. The summed E-state index contributed by atoms with van der Waals surface area (Å²) >= 11 is 0. The number of nitrogens with one attached hydrogen (secondary N) is 1. The number of aromatic hydroxyl groups is 1. The first-order valence-electron chi connectivity index (χ1n) is 6.18. The molecular formula is C16H12N2O2. The van der Waals surface area contributed by atoms with E-state index in [1.807, 2.05) is 24.3 Å². The van der Waals surface area contributed by atoms with Gasteiger partial charge in [0.1, 0.15) is 11.6 Å². The minimum absolute atomic E-state index is 0.0159. The molecule has 4 nitrogen and oxygen atoms in total. The molecule has 0 spiro atoms. The molecule has 98 valence electrons. The zero-order valence-electron chi connectivity index (χ0n) is 10.6. The number of rotatable bonds is 3. The third-order valence-corrected chi connectivity index (χ3v) is 3.07. The van der Waals surface area contributed by atoms with E-state index in [4.69, 9.17) is 0 Å². The second-order valence-electron chi connectivity index (χ2n) is 4.35. The molecule has 2 aromatic carbocycles. The van der Waals surface area contributed by atoms with Gasteiger partial charge in [0.25, 0.3) is 0 Å². The lowest BCUT2D eigenvalue weighted by Gasteiger charge is -2.05. The topological polar surface area (TPSA) is 66.0 Å². The number of fused-ring (bicyclic) bond motifs is 1. The van der Waals surface area contributed by atoms with Crippen molar-refractivity contribution in [2.24, 2.45) is 0 Å². The van der Waals surface area contributed by atoms with Crippen LogP contribution < -0.4 is 0 Å². The van der Waals surface area contributed by atoms with Crippen LogP contribution in [0.25, 0.3) is 16.8 Å². The fraction of sp³-hybridized carbons (Fsp3) is 0. The predicted molar refractivity (Wildman–Crippen MR) is 77.6 cm³/mol. The lowest BCUT2D eigenvalue weighted by molar-refractivity contribution is 0.104. The molecule has 1 aromatic heterocycles. The van der Waals surface area contributed by atoms with Crippen LogP contribution in [-0.4, -0.2) is 20.9 Å². The van der Waals surface area contributed by atoms with Gasteiger partial charge < -0.3 is 10.1 Å². The Hall–Kier alpha value is -2.88.